The van der Waals surface area contributed by atoms with Crippen LogP contribution in [0.1, 0.15) is 18.1 Å². The maximum Gasteiger partial charge on any atom is 0.272 e. The zero-order chi connectivity index (χ0) is 12.8. The van der Waals surface area contributed by atoms with Crippen LogP contribution < -0.4 is 5.32 Å². The summed E-state index contributed by atoms with van der Waals surface area (Å²) in [4.78, 5) is 10.4. The summed E-state index contributed by atoms with van der Waals surface area (Å²) < 4.78 is 5.11. The third-order valence-corrected chi connectivity index (χ3v) is 2.76. The zero-order valence-electron chi connectivity index (χ0n) is 10.4. The Bertz CT molecular complexity index is 393. The summed E-state index contributed by atoms with van der Waals surface area (Å²) in [6.45, 7) is 5.07. The van der Waals surface area contributed by atoms with Gasteiger partial charge in [0.2, 0.25) is 0 Å². The Kier molecular flexibility index (Phi) is 5.06. The number of nitro groups is 1. The van der Waals surface area contributed by atoms with Crippen molar-refractivity contribution in [2.75, 3.05) is 13.7 Å². The normalized spacial score (nSPS) is 12.4. The predicted molar refractivity (Wildman–Crippen MR) is 66.0 cm³/mol. The van der Waals surface area contributed by atoms with E-state index in [1.807, 2.05) is 13.0 Å². The molecule has 0 radical (unpaired) electrons. The van der Waals surface area contributed by atoms with Crippen LogP contribution in [0, 0.1) is 17.0 Å². The minimum Gasteiger partial charge on any atom is -0.380 e. The van der Waals surface area contributed by atoms with Gasteiger partial charge < -0.3 is 10.1 Å². The summed E-state index contributed by atoms with van der Waals surface area (Å²) in [7, 11) is 1.66. The number of nitro benzene ring substituents is 1. The van der Waals surface area contributed by atoms with Gasteiger partial charge in [0.15, 0.2) is 0 Å². The second-order valence-corrected chi connectivity index (χ2v) is 4.00. The molecule has 0 fully saturated rings. The van der Waals surface area contributed by atoms with Gasteiger partial charge in [-0.3, -0.25) is 10.1 Å². The molecule has 1 atom stereocenters. The Morgan fingerprint density at radius 2 is 2.24 bits per heavy atom. The first-order valence-corrected chi connectivity index (χ1v) is 5.52. The smallest absolute Gasteiger partial charge is 0.272 e. The molecule has 5 heteroatoms. The lowest BCUT2D eigenvalue weighted by Gasteiger charge is -2.12. The first kappa shape index (κ1) is 13.6. The van der Waals surface area contributed by atoms with Gasteiger partial charge in [0, 0.05) is 31.8 Å². The SMILES string of the molecule is COC(C)CNCc1cccc([N+](=O)[O-])c1C. The van der Waals surface area contributed by atoms with Gasteiger partial charge in [-0.05, 0) is 19.4 Å². The molecule has 5 nitrogen and oxygen atoms in total. The van der Waals surface area contributed by atoms with Crippen molar-refractivity contribution in [2.45, 2.75) is 26.5 Å². The number of hydrogen-bond donors (Lipinski definition) is 1. The number of rotatable bonds is 6. The van der Waals surface area contributed by atoms with Gasteiger partial charge in [0.25, 0.3) is 5.69 Å². The molecule has 1 aromatic rings. The Balaban J connectivity index is 2.66. The van der Waals surface area contributed by atoms with E-state index in [0.29, 0.717) is 6.54 Å². The standard InChI is InChI=1S/C12H18N2O3/c1-9(17-3)7-13-8-11-5-4-6-12(10(11)2)14(15)16/h4-6,9,13H,7-8H2,1-3H3. The van der Waals surface area contributed by atoms with Crippen LogP contribution in [0.5, 0.6) is 0 Å². The van der Waals surface area contributed by atoms with E-state index in [0.717, 1.165) is 17.7 Å². The first-order chi connectivity index (χ1) is 8.06. The van der Waals surface area contributed by atoms with Gasteiger partial charge in [0.05, 0.1) is 11.0 Å². The van der Waals surface area contributed by atoms with Crippen molar-refractivity contribution in [2.24, 2.45) is 0 Å². The van der Waals surface area contributed by atoms with Crippen molar-refractivity contribution in [3.63, 3.8) is 0 Å². The summed E-state index contributed by atoms with van der Waals surface area (Å²) in [6.07, 6.45) is 0.133. The highest BCUT2D eigenvalue weighted by atomic mass is 16.6. The van der Waals surface area contributed by atoms with Crippen molar-refractivity contribution >= 4 is 5.69 Å². The van der Waals surface area contributed by atoms with Gasteiger partial charge in [-0.15, -0.1) is 0 Å². The topological polar surface area (TPSA) is 64.4 Å². The largest absolute Gasteiger partial charge is 0.380 e. The highest BCUT2D eigenvalue weighted by Crippen LogP contribution is 2.20. The van der Waals surface area contributed by atoms with E-state index in [1.54, 1.807) is 20.1 Å². The lowest BCUT2D eigenvalue weighted by Crippen LogP contribution is -2.25. The number of hydrogen-bond acceptors (Lipinski definition) is 4. The maximum absolute atomic E-state index is 10.8. The fraction of sp³-hybridized carbons (Fsp3) is 0.500. The Labute approximate surface area is 101 Å². The molecule has 1 N–H and O–H groups in total. The van der Waals surface area contributed by atoms with Gasteiger partial charge in [0.1, 0.15) is 0 Å². The van der Waals surface area contributed by atoms with Crippen LogP contribution in [-0.2, 0) is 11.3 Å². The van der Waals surface area contributed by atoms with Gasteiger partial charge in [-0.2, -0.15) is 0 Å². The molecule has 0 saturated heterocycles. The molecular formula is C12H18N2O3. The monoisotopic (exact) mass is 238 g/mol. The molecule has 0 aliphatic rings. The first-order valence-electron chi connectivity index (χ1n) is 5.52. The second kappa shape index (κ2) is 6.32. The van der Waals surface area contributed by atoms with Crippen LogP contribution >= 0.6 is 0 Å². The Hall–Kier alpha value is -1.46. The third-order valence-electron chi connectivity index (χ3n) is 2.76. The van der Waals surface area contributed by atoms with Crippen molar-refractivity contribution in [3.8, 4) is 0 Å². The highest BCUT2D eigenvalue weighted by Gasteiger charge is 2.12. The molecule has 0 aliphatic heterocycles. The van der Waals surface area contributed by atoms with E-state index in [9.17, 15) is 10.1 Å². The number of nitrogens with zero attached hydrogens (tertiary/aromatic N) is 1. The Morgan fingerprint density at radius 1 is 1.53 bits per heavy atom. The molecule has 1 rings (SSSR count). The molecule has 0 aromatic heterocycles. The number of ether oxygens (including phenoxy) is 1. The summed E-state index contributed by atoms with van der Waals surface area (Å²) in [5.74, 6) is 0. The van der Waals surface area contributed by atoms with Crippen molar-refractivity contribution in [1.82, 2.24) is 5.32 Å². The van der Waals surface area contributed by atoms with Crippen molar-refractivity contribution in [1.29, 1.82) is 0 Å². The van der Waals surface area contributed by atoms with E-state index in [1.165, 1.54) is 6.07 Å². The maximum atomic E-state index is 10.8. The fourth-order valence-electron chi connectivity index (χ4n) is 1.55. The van der Waals surface area contributed by atoms with Crippen LogP contribution in [0.25, 0.3) is 0 Å². The predicted octanol–water partition coefficient (Wildman–Crippen LogP) is 2.03. The van der Waals surface area contributed by atoms with E-state index >= 15 is 0 Å². The average Bonchev–Trinajstić information content (AvgIpc) is 2.30. The van der Waals surface area contributed by atoms with Gasteiger partial charge >= 0.3 is 0 Å². The molecule has 0 heterocycles. The summed E-state index contributed by atoms with van der Waals surface area (Å²) in [6, 6.07) is 5.13. The van der Waals surface area contributed by atoms with E-state index < -0.39 is 0 Å². The lowest BCUT2D eigenvalue weighted by molar-refractivity contribution is -0.385. The number of nitrogens with one attached hydrogen (secondary N) is 1. The number of methoxy groups -OCH3 is 1. The Morgan fingerprint density at radius 3 is 2.82 bits per heavy atom. The minimum absolute atomic E-state index is 0.133. The highest BCUT2D eigenvalue weighted by molar-refractivity contribution is 5.44. The van der Waals surface area contributed by atoms with Crippen molar-refractivity contribution < 1.29 is 9.66 Å². The van der Waals surface area contributed by atoms with Gasteiger partial charge in [-0.25, -0.2) is 0 Å². The molecule has 94 valence electrons. The van der Waals surface area contributed by atoms with Crippen molar-refractivity contribution in [3.05, 3.63) is 39.4 Å². The number of benzene rings is 1. The summed E-state index contributed by atoms with van der Waals surface area (Å²) in [5, 5.41) is 14.0. The molecule has 1 unspecified atom stereocenters. The van der Waals surface area contributed by atoms with Crippen LogP contribution in [0.15, 0.2) is 18.2 Å². The third kappa shape index (κ3) is 3.80. The minimum atomic E-state index is -0.351. The molecule has 0 saturated carbocycles. The summed E-state index contributed by atoms with van der Waals surface area (Å²) in [5.41, 5.74) is 1.83. The fourth-order valence-corrected chi connectivity index (χ4v) is 1.55. The average molecular weight is 238 g/mol. The van der Waals surface area contributed by atoms with Crippen LogP contribution in [0.3, 0.4) is 0 Å². The lowest BCUT2D eigenvalue weighted by atomic mass is 10.1. The molecule has 0 spiro atoms. The quantitative estimate of drug-likeness (QED) is 0.608. The second-order valence-electron chi connectivity index (χ2n) is 4.00. The van der Waals surface area contributed by atoms with E-state index in [4.69, 9.17) is 4.74 Å². The van der Waals surface area contributed by atoms with Crippen LogP contribution in [0.2, 0.25) is 0 Å². The molecule has 0 amide bonds. The zero-order valence-corrected chi connectivity index (χ0v) is 10.4. The van der Waals surface area contributed by atoms with Crippen LogP contribution in [-0.4, -0.2) is 24.7 Å². The molecule has 17 heavy (non-hydrogen) atoms. The van der Waals surface area contributed by atoms with E-state index in [2.05, 4.69) is 5.32 Å². The summed E-state index contributed by atoms with van der Waals surface area (Å²) >= 11 is 0. The molecule has 0 bridgehead atoms. The van der Waals surface area contributed by atoms with Gasteiger partial charge in [-0.1, -0.05) is 12.1 Å². The molecule has 1 aromatic carbocycles. The molecule has 0 aliphatic carbocycles. The molecular weight excluding hydrogens is 220 g/mol. The van der Waals surface area contributed by atoms with Crippen LogP contribution in [0.4, 0.5) is 5.69 Å². The van der Waals surface area contributed by atoms with E-state index in [-0.39, 0.29) is 16.7 Å².